The van der Waals surface area contributed by atoms with Gasteiger partial charge in [0, 0.05) is 11.8 Å². The van der Waals surface area contributed by atoms with E-state index in [2.05, 4.69) is 4.90 Å². The number of hydrogen-bond acceptors (Lipinski definition) is 4. The molecule has 0 saturated carbocycles. The zero-order valence-corrected chi connectivity index (χ0v) is 17.0. The van der Waals surface area contributed by atoms with E-state index < -0.39 is 0 Å². The highest BCUT2D eigenvalue weighted by atomic mass is 35.5. The number of para-hydroxylation sites is 1. The van der Waals surface area contributed by atoms with E-state index in [0.717, 1.165) is 46.7 Å². The minimum Gasteiger partial charge on any atom is -0.494 e. The lowest BCUT2D eigenvalue weighted by atomic mass is 10.0. The highest BCUT2D eigenvalue weighted by molar-refractivity contribution is 6.09. The first kappa shape index (κ1) is 20.4. The van der Waals surface area contributed by atoms with Crippen molar-refractivity contribution in [2.45, 2.75) is 26.2 Å². The molecule has 1 aliphatic heterocycles. The Hall–Kier alpha value is -2.30. The Kier molecular flexibility index (Phi) is 6.76. The van der Waals surface area contributed by atoms with Gasteiger partial charge in [0.05, 0.1) is 18.7 Å². The molecule has 0 aliphatic carbocycles. The summed E-state index contributed by atoms with van der Waals surface area (Å²) < 4.78 is 11.6. The Morgan fingerprint density at radius 1 is 1.07 bits per heavy atom. The van der Waals surface area contributed by atoms with Crippen LogP contribution in [0.4, 0.5) is 0 Å². The summed E-state index contributed by atoms with van der Waals surface area (Å²) in [4.78, 5) is 15.3. The second-order valence-electron chi connectivity index (χ2n) is 7.06. The summed E-state index contributed by atoms with van der Waals surface area (Å²) in [6.07, 6.45) is 2.96. The highest BCUT2D eigenvalue weighted by Crippen LogP contribution is 2.29. The molecule has 0 N–H and O–H groups in total. The average molecular weight is 400 g/mol. The molecular weight excluding hydrogens is 374 g/mol. The molecule has 0 atom stereocenters. The molecular formula is C23H26ClNO3. The number of carbonyl (C=O) groups is 1. The van der Waals surface area contributed by atoms with E-state index in [4.69, 9.17) is 9.15 Å². The van der Waals surface area contributed by atoms with Gasteiger partial charge >= 0.3 is 0 Å². The van der Waals surface area contributed by atoms with E-state index in [1.807, 2.05) is 55.5 Å². The quantitative estimate of drug-likeness (QED) is 0.517. The molecule has 1 fully saturated rings. The van der Waals surface area contributed by atoms with Gasteiger partial charge < -0.3 is 9.15 Å². The Morgan fingerprint density at radius 3 is 2.50 bits per heavy atom. The number of Topliss-reactive ketones (excluding diaryl/α,β-unsaturated/α-hetero) is 1. The lowest BCUT2D eigenvalue weighted by Crippen LogP contribution is -2.27. The molecule has 0 amide bonds. The van der Waals surface area contributed by atoms with Crippen LogP contribution < -0.4 is 4.74 Å². The van der Waals surface area contributed by atoms with Crippen LogP contribution in [0.2, 0.25) is 0 Å². The van der Waals surface area contributed by atoms with Crippen molar-refractivity contribution in [3.8, 4) is 5.75 Å². The van der Waals surface area contributed by atoms with Gasteiger partial charge in [-0.05, 0) is 56.6 Å². The monoisotopic (exact) mass is 399 g/mol. The number of halogens is 1. The number of carbonyl (C=O) groups excluding carboxylic acids is 1. The zero-order valence-electron chi connectivity index (χ0n) is 16.1. The summed E-state index contributed by atoms with van der Waals surface area (Å²) in [5, 5.41) is 0.919. The van der Waals surface area contributed by atoms with Gasteiger partial charge in [-0.3, -0.25) is 9.69 Å². The van der Waals surface area contributed by atoms with Crippen LogP contribution in [-0.4, -0.2) is 36.9 Å². The van der Waals surface area contributed by atoms with Gasteiger partial charge in [0.15, 0.2) is 5.78 Å². The maximum atomic E-state index is 13.1. The number of likely N-dealkylation sites (tertiary alicyclic amines) is 1. The van der Waals surface area contributed by atoms with Crippen molar-refractivity contribution in [3.05, 3.63) is 65.4 Å². The minimum atomic E-state index is 0. The number of nitrogens with zero attached hydrogens (tertiary/aromatic N) is 1. The van der Waals surface area contributed by atoms with Crippen molar-refractivity contribution in [1.29, 1.82) is 0 Å². The van der Waals surface area contributed by atoms with Crippen molar-refractivity contribution in [3.63, 3.8) is 0 Å². The van der Waals surface area contributed by atoms with Crippen LogP contribution >= 0.6 is 12.4 Å². The fraction of sp³-hybridized carbons (Fsp3) is 0.348. The van der Waals surface area contributed by atoms with Crippen LogP contribution in [0, 0.1) is 0 Å². The van der Waals surface area contributed by atoms with Crippen LogP contribution in [0.5, 0.6) is 5.75 Å². The standard InChI is InChI=1S/C23H25NO3.ClH/c1-2-26-18-11-9-17(10-12-18)15-22-23(19-7-3-4-8-21(19)27-22)20(25)16-24-13-5-6-14-24;/h3-4,7-12H,2,5-6,13-16H2,1H3;1H. The van der Waals surface area contributed by atoms with Gasteiger partial charge in [0.2, 0.25) is 0 Å². The lowest BCUT2D eigenvalue weighted by molar-refractivity contribution is 0.0945. The maximum Gasteiger partial charge on any atom is 0.180 e. The largest absolute Gasteiger partial charge is 0.494 e. The fourth-order valence-corrected chi connectivity index (χ4v) is 3.80. The molecule has 148 valence electrons. The summed E-state index contributed by atoms with van der Waals surface area (Å²) in [6, 6.07) is 15.8. The summed E-state index contributed by atoms with van der Waals surface area (Å²) in [7, 11) is 0. The van der Waals surface area contributed by atoms with E-state index in [9.17, 15) is 4.79 Å². The molecule has 0 radical (unpaired) electrons. The third kappa shape index (κ3) is 4.40. The first-order valence-electron chi connectivity index (χ1n) is 9.72. The third-order valence-corrected chi connectivity index (χ3v) is 5.11. The molecule has 5 heteroatoms. The van der Waals surface area contributed by atoms with Crippen LogP contribution in [0.15, 0.2) is 52.9 Å². The Bertz CT molecular complexity index is 927. The minimum absolute atomic E-state index is 0. The molecule has 0 spiro atoms. The van der Waals surface area contributed by atoms with E-state index >= 15 is 0 Å². The zero-order chi connectivity index (χ0) is 18.6. The number of furan rings is 1. The summed E-state index contributed by atoms with van der Waals surface area (Å²) in [5.41, 5.74) is 2.63. The number of fused-ring (bicyclic) bond motifs is 1. The van der Waals surface area contributed by atoms with Gasteiger partial charge in [-0.1, -0.05) is 30.3 Å². The number of benzene rings is 2. The van der Waals surface area contributed by atoms with E-state index in [1.54, 1.807) is 0 Å². The molecule has 0 bridgehead atoms. The lowest BCUT2D eigenvalue weighted by Gasteiger charge is -2.13. The van der Waals surface area contributed by atoms with Crippen molar-refractivity contribution >= 4 is 29.2 Å². The normalized spacial score (nSPS) is 14.2. The molecule has 2 heterocycles. The van der Waals surface area contributed by atoms with Gasteiger partial charge in [-0.15, -0.1) is 12.4 Å². The Morgan fingerprint density at radius 2 is 1.79 bits per heavy atom. The molecule has 1 aliphatic rings. The van der Waals surface area contributed by atoms with Crippen molar-refractivity contribution in [2.24, 2.45) is 0 Å². The van der Waals surface area contributed by atoms with Crippen molar-refractivity contribution < 1.29 is 13.9 Å². The van der Waals surface area contributed by atoms with Crippen LogP contribution in [0.3, 0.4) is 0 Å². The molecule has 1 saturated heterocycles. The number of rotatable bonds is 7. The van der Waals surface area contributed by atoms with E-state index in [-0.39, 0.29) is 18.2 Å². The second-order valence-corrected chi connectivity index (χ2v) is 7.06. The SMILES string of the molecule is CCOc1ccc(Cc2oc3ccccc3c2C(=O)CN2CCCC2)cc1.Cl. The summed E-state index contributed by atoms with van der Waals surface area (Å²) >= 11 is 0. The topological polar surface area (TPSA) is 42.7 Å². The predicted octanol–water partition coefficient (Wildman–Crippen LogP) is 5.12. The first-order valence-corrected chi connectivity index (χ1v) is 9.72. The van der Waals surface area contributed by atoms with Crippen LogP contribution in [0.25, 0.3) is 11.0 Å². The molecule has 2 aromatic carbocycles. The van der Waals surface area contributed by atoms with Crippen LogP contribution in [0.1, 0.15) is 41.4 Å². The van der Waals surface area contributed by atoms with Gasteiger partial charge in [0.1, 0.15) is 17.1 Å². The molecule has 3 aromatic rings. The second kappa shape index (κ2) is 9.26. The average Bonchev–Trinajstić information content (AvgIpc) is 3.30. The van der Waals surface area contributed by atoms with Crippen molar-refractivity contribution in [1.82, 2.24) is 4.90 Å². The number of ketones is 1. The Balaban J connectivity index is 0.00000225. The summed E-state index contributed by atoms with van der Waals surface area (Å²) in [5.74, 6) is 1.77. The van der Waals surface area contributed by atoms with E-state index in [1.165, 1.54) is 12.8 Å². The molecule has 4 nitrogen and oxygen atoms in total. The smallest absolute Gasteiger partial charge is 0.180 e. The fourth-order valence-electron chi connectivity index (χ4n) is 3.80. The van der Waals surface area contributed by atoms with Gasteiger partial charge in [-0.25, -0.2) is 0 Å². The Labute approximate surface area is 171 Å². The maximum absolute atomic E-state index is 13.1. The highest BCUT2D eigenvalue weighted by Gasteiger charge is 2.23. The molecule has 1 aromatic heterocycles. The van der Waals surface area contributed by atoms with Crippen molar-refractivity contribution in [2.75, 3.05) is 26.2 Å². The van der Waals surface area contributed by atoms with Crippen LogP contribution in [-0.2, 0) is 6.42 Å². The molecule has 0 unspecified atom stereocenters. The summed E-state index contributed by atoms with van der Waals surface area (Å²) in [6.45, 7) is 5.12. The number of ether oxygens (including phenoxy) is 1. The van der Waals surface area contributed by atoms with E-state index in [0.29, 0.717) is 19.6 Å². The molecule has 28 heavy (non-hydrogen) atoms. The first-order chi connectivity index (χ1) is 13.2. The van der Waals surface area contributed by atoms with Gasteiger partial charge in [0.25, 0.3) is 0 Å². The number of hydrogen-bond donors (Lipinski definition) is 0. The third-order valence-electron chi connectivity index (χ3n) is 5.11. The molecule has 4 rings (SSSR count). The van der Waals surface area contributed by atoms with Gasteiger partial charge in [-0.2, -0.15) is 0 Å². The predicted molar refractivity (Wildman–Crippen MR) is 114 cm³/mol.